The van der Waals surface area contributed by atoms with Crippen LogP contribution in [0.1, 0.15) is 16.1 Å². The number of carboxylic acids is 1. The molecule has 0 saturated carbocycles. The van der Waals surface area contributed by atoms with Crippen molar-refractivity contribution < 1.29 is 28.9 Å². The van der Waals surface area contributed by atoms with Gasteiger partial charge in [0.2, 0.25) is 0 Å². The molecule has 0 unspecified atom stereocenters. The van der Waals surface area contributed by atoms with Gasteiger partial charge in [0.25, 0.3) is 5.91 Å². The van der Waals surface area contributed by atoms with E-state index in [2.05, 4.69) is 4.98 Å². The van der Waals surface area contributed by atoms with Gasteiger partial charge >= 0.3 is 5.97 Å². The molecular weight excluding hydrogens is 360 g/mol. The third-order valence-electron chi connectivity index (χ3n) is 3.94. The van der Waals surface area contributed by atoms with E-state index in [0.717, 1.165) is 5.69 Å². The minimum absolute atomic E-state index is 0.0208. The average Bonchev–Trinajstić information content (AvgIpc) is 3.19. The highest BCUT2D eigenvalue weighted by atomic mass is 32.1. The van der Waals surface area contributed by atoms with Gasteiger partial charge in [0.05, 0.1) is 31.5 Å². The third-order valence-corrected chi connectivity index (χ3v) is 4.58. The maximum Gasteiger partial charge on any atom is 0.328 e. The predicted octanol–water partition coefficient (Wildman–Crippen LogP) is 1.66. The van der Waals surface area contributed by atoms with Gasteiger partial charge in [-0.25, -0.2) is 9.78 Å². The van der Waals surface area contributed by atoms with Gasteiger partial charge in [-0.15, -0.1) is 11.3 Å². The zero-order valence-electron chi connectivity index (χ0n) is 14.1. The Labute approximate surface area is 153 Å². The predicted molar refractivity (Wildman–Crippen MR) is 92.7 cm³/mol. The molecule has 3 rings (SSSR count). The van der Waals surface area contributed by atoms with Crippen molar-refractivity contribution in [1.82, 2.24) is 9.88 Å². The first-order valence-electron chi connectivity index (χ1n) is 7.89. The van der Waals surface area contributed by atoms with Gasteiger partial charge in [0.15, 0.2) is 17.5 Å². The number of rotatable bonds is 6. The molecule has 9 heteroatoms. The summed E-state index contributed by atoms with van der Waals surface area (Å²) in [6, 6.07) is 3.78. The van der Waals surface area contributed by atoms with Crippen molar-refractivity contribution in [1.29, 1.82) is 0 Å². The van der Waals surface area contributed by atoms with Crippen LogP contribution in [0.5, 0.6) is 11.5 Å². The van der Waals surface area contributed by atoms with E-state index >= 15 is 0 Å². The number of benzene rings is 1. The lowest BCUT2D eigenvalue weighted by Gasteiger charge is -2.33. The van der Waals surface area contributed by atoms with Gasteiger partial charge in [-0.05, 0) is 18.2 Å². The molecule has 8 nitrogen and oxygen atoms in total. The SMILES string of the molecule is COc1cc(C(=O)N2CCOC[C@@H]2C(=O)O)ccc1OCc1cscn1. The maximum absolute atomic E-state index is 12.7. The first-order valence-corrected chi connectivity index (χ1v) is 8.84. The largest absolute Gasteiger partial charge is 0.493 e. The standard InChI is InChI=1S/C17H18N2O6S/c1-23-15-6-11(2-3-14(15)25-7-12-9-26-10-18-12)16(20)19-4-5-24-8-13(19)17(21)22/h2-3,6,9-10,13H,4-5,7-8H2,1H3,(H,21,22)/t13-/m1/s1. The quantitative estimate of drug-likeness (QED) is 0.816. The van der Waals surface area contributed by atoms with Crippen molar-refractivity contribution in [3.63, 3.8) is 0 Å². The monoisotopic (exact) mass is 378 g/mol. The van der Waals surface area contributed by atoms with Crippen LogP contribution in [-0.2, 0) is 16.1 Å². The molecule has 2 heterocycles. The molecule has 0 spiro atoms. The summed E-state index contributed by atoms with van der Waals surface area (Å²) in [4.78, 5) is 29.5. The Kier molecular flexibility index (Phi) is 5.69. The van der Waals surface area contributed by atoms with Crippen LogP contribution in [0.25, 0.3) is 0 Å². The second-order valence-corrected chi connectivity index (χ2v) is 6.28. The van der Waals surface area contributed by atoms with E-state index in [0.29, 0.717) is 23.7 Å². The number of methoxy groups -OCH3 is 1. The number of morpholine rings is 1. The zero-order valence-corrected chi connectivity index (χ0v) is 14.9. The molecule has 1 N–H and O–H groups in total. The summed E-state index contributed by atoms with van der Waals surface area (Å²) in [6.45, 7) is 0.798. The molecule has 1 saturated heterocycles. The van der Waals surface area contributed by atoms with E-state index in [1.165, 1.54) is 23.3 Å². The van der Waals surface area contributed by atoms with E-state index in [1.54, 1.807) is 23.7 Å². The first kappa shape index (κ1) is 18.2. The number of hydrogen-bond donors (Lipinski definition) is 1. The van der Waals surface area contributed by atoms with Crippen LogP contribution < -0.4 is 9.47 Å². The summed E-state index contributed by atoms with van der Waals surface area (Å²) >= 11 is 1.48. The molecule has 26 heavy (non-hydrogen) atoms. The van der Waals surface area contributed by atoms with Gasteiger partial charge in [-0.2, -0.15) is 0 Å². The fourth-order valence-electron chi connectivity index (χ4n) is 2.60. The number of nitrogens with zero attached hydrogens (tertiary/aromatic N) is 2. The van der Waals surface area contributed by atoms with Crippen molar-refractivity contribution >= 4 is 23.2 Å². The summed E-state index contributed by atoms with van der Waals surface area (Å²) in [5, 5.41) is 11.2. The highest BCUT2D eigenvalue weighted by Gasteiger charge is 2.33. The summed E-state index contributed by atoms with van der Waals surface area (Å²) < 4.78 is 16.2. The summed E-state index contributed by atoms with van der Waals surface area (Å²) in [7, 11) is 1.48. The number of amides is 1. The van der Waals surface area contributed by atoms with E-state index in [1.807, 2.05) is 5.38 Å². The Morgan fingerprint density at radius 3 is 2.96 bits per heavy atom. The molecule has 0 aliphatic carbocycles. The second-order valence-electron chi connectivity index (χ2n) is 5.56. The Balaban J connectivity index is 1.77. The fourth-order valence-corrected chi connectivity index (χ4v) is 3.14. The number of aromatic nitrogens is 1. The number of carbonyl (C=O) groups excluding carboxylic acids is 1. The molecule has 1 aliphatic heterocycles. The zero-order chi connectivity index (χ0) is 18.5. The topological polar surface area (TPSA) is 98.2 Å². The molecule has 1 atom stereocenters. The minimum atomic E-state index is -1.09. The molecule has 1 fully saturated rings. The van der Waals surface area contributed by atoms with E-state index in [9.17, 15) is 14.7 Å². The summed E-state index contributed by atoms with van der Waals surface area (Å²) in [5.41, 5.74) is 2.85. The van der Waals surface area contributed by atoms with Crippen molar-refractivity contribution in [3.05, 3.63) is 40.3 Å². The summed E-state index contributed by atoms with van der Waals surface area (Å²) in [5.74, 6) is -0.599. The van der Waals surface area contributed by atoms with E-state index in [-0.39, 0.29) is 25.7 Å². The highest BCUT2D eigenvalue weighted by Crippen LogP contribution is 2.29. The maximum atomic E-state index is 12.7. The first-order chi connectivity index (χ1) is 12.6. The molecule has 2 aromatic rings. The van der Waals surface area contributed by atoms with Gasteiger partial charge < -0.3 is 24.2 Å². The smallest absolute Gasteiger partial charge is 0.328 e. The fraction of sp³-hybridized carbons (Fsp3) is 0.353. The van der Waals surface area contributed by atoms with Crippen LogP contribution >= 0.6 is 11.3 Å². The van der Waals surface area contributed by atoms with Crippen LogP contribution in [0.2, 0.25) is 0 Å². The molecule has 1 aliphatic rings. The number of aliphatic carboxylic acids is 1. The molecule has 1 aromatic heterocycles. The Hall–Kier alpha value is -2.65. The van der Waals surface area contributed by atoms with Gasteiger partial charge in [0.1, 0.15) is 6.61 Å². The van der Waals surface area contributed by atoms with E-state index in [4.69, 9.17) is 14.2 Å². The lowest BCUT2D eigenvalue weighted by Crippen LogP contribution is -2.52. The van der Waals surface area contributed by atoms with Crippen LogP contribution in [0, 0.1) is 0 Å². The molecule has 0 bridgehead atoms. The lowest BCUT2D eigenvalue weighted by molar-refractivity contribution is -0.147. The van der Waals surface area contributed by atoms with Crippen LogP contribution in [-0.4, -0.2) is 59.8 Å². The number of thiazole rings is 1. The Bertz CT molecular complexity index is 780. The minimum Gasteiger partial charge on any atom is -0.493 e. The highest BCUT2D eigenvalue weighted by molar-refractivity contribution is 7.07. The molecule has 0 radical (unpaired) electrons. The van der Waals surface area contributed by atoms with Gasteiger partial charge in [0, 0.05) is 17.5 Å². The van der Waals surface area contributed by atoms with Crippen LogP contribution in [0.3, 0.4) is 0 Å². The van der Waals surface area contributed by atoms with Crippen LogP contribution in [0.15, 0.2) is 29.1 Å². The van der Waals surface area contributed by atoms with Crippen molar-refractivity contribution in [3.8, 4) is 11.5 Å². The number of ether oxygens (including phenoxy) is 3. The van der Waals surface area contributed by atoms with Crippen molar-refractivity contribution in [2.45, 2.75) is 12.6 Å². The Morgan fingerprint density at radius 2 is 2.27 bits per heavy atom. The number of hydrogen-bond acceptors (Lipinski definition) is 7. The van der Waals surface area contributed by atoms with Crippen molar-refractivity contribution in [2.24, 2.45) is 0 Å². The number of carboxylic acid groups (broad SMARTS) is 1. The normalized spacial score (nSPS) is 17.0. The lowest BCUT2D eigenvalue weighted by atomic mass is 10.1. The average molecular weight is 378 g/mol. The molecule has 1 aromatic carbocycles. The molecule has 138 valence electrons. The van der Waals surface area contributed by atoms with Crippen molar-refractivity contribution in [2.75, 3.05) is 26.9 Å². The molecular formula is C17H18N2O6S. The summed E-state index contributed by atoms with van der Waals surface area (Å²) in [6.07, 6.45) is 0. The van der Waals surface area contributed by atoms with Crippen LogP contribution in [0.4, 0.5) is 0 Å². The van der Waals surface area contributed by atoms with Gasteiger partial charge in [-0.3, -0.25) is 4.79 Å². The molecule has 1 amide bonds. The van der Waals surface area contributed by atoms with Gasteiger partial charge in [-0.1, -0.05) is 0 Å². The third kappa shape index (κ3) is 3.94. The second kappa shape index (κ2) is 8.15. The Morgan fingerprint density at radius 1 is 1.42 bits per heavy atom. The number of carbonyl (C=O) groups is 2. The van der Waals surface area contributed by atoms with E-state index < -0.39 is 12.0 Å².